The van der Waals surface area contributed by atoms with Crippen LogP contribution in [0.2, 0.25) is 0 Å². The molecule has 1 aliphatic heterocycles. The maximum Gasteiger partial charge on any atom is 0.106 e. The zero-order valence-corrected chi connectivity index (χ0v) is 10.8. The fraction of sp³-hybridized carbons (Fsp3) is 0.769. The van der Waals surface area contributed by atoms with E-state index in [9.17, 15) is 0 Å². The first kappa shape index (κ1) is 12.6. The van der Waals surface area contributed by atoms with Crippen LogP contribution in [-0.2, 0) is 6.42 Å². The highest BCUT2D eigenvalue weighted by Gasteiger charge is 2.13. The highest BCUT2D eigenvalue weighted by atomic mass is 15.1. The van der Waals surface area contributed by atoms with E-state index in [1.807, 2.05) is 12.4 Å². The Morgan fingerprint density at radius 3 is 3.24 bits per heavy atom. The van der Waals surface area contributed by atoms with Crippen LogP contribution in [0.15, 0.2) is 12.4 Å². The van der Waals surface area contributed by atoms with Crippen molar-refractivity contribution >= 4 is 0 Å². The fourth-order valence-corrected chi connectivity index (χ4v) is 2.44. The van der Waals surface area contributed by atoms with Gasteiger partial charge in [-0.1, -0.05) is 0 Å². The minimum atomic E-state index is 0.719. The summed E-state index contributed by atoms with van der Waals surface area (Å²) in [5, 5.41) is 3.68. The molecule has 1 fully saturated rings. The van der Waals surface area contributed by atoms with Crippen LogP contribution in [0, 0.1) is 0 Å². The molecule has 2 rings (SSSR count). The van der Waals surface area contributed by atoms with Crippen LogP contribution in [0.4, 0.5) is 0 Å². The lowest BCUT2D eigenvalue weighted by molar-refractivity contribution is 0.343. The Morgan fingerprint density at radius 2 is 2.41 bits per heavy atom. The molecule has 0 saturated carbocycles. The van der Waals surface area contributed by atoms with Crippen LogP contribution in [-0.4, -0.2) is 47.6 Å². The third-order valence-electron chi connectivity index (χ3n) is 3.53. The summed E-state index contributed by atoms with van der Waals surface area (Å²) in [4.78, 5) is 9.82. The molecule has 96 valence electrons. The average Bonchev–Trinajstić information content (AvgIpc) is 2.75. The van der Waals surface area contributed by atoms with Gasteiger partial charge in [0.05, 0.1) is 0 Å². The summed E-state index contributed by atoms with van der Waals surface area (Å²) in [7, 11) is 2.22. The van der Waals surface area contributed by atoms with Gasteiger partial charge in [0.15, 0.2) is 0 Å². The van der Waals surface area contributed by atoms with Crippen LogP contribution >= 0.6 is 0 Å². The van der Waals surface area contributed by atoms with Crippen molar-refractivity contribution in [3.8, 4) is 0 Å². The van der Waals surface area contributed by atoms with E-state index in [1.54, 1.807) is 0 Å². The van der Waals surface area contributed by atoms with E-state index in [0.29, 0.717) is 0 Å². The van der Waals surface area contributed by atoms with Crippen LogP contribution in [0.1, 0.15) is 31.5 Å². The molecule has 1 atom stereocenters. The second kappa shape index (κ2) is 6.77. The number of imidazole rings is 1. The number of aromatic nitrogens is 2. The Morgan fingerprint density at radius 1 is 1.47 bits per heavy atom. The van der Waals surface area contributed by atoms with Crippen molar-refractivity contribution in [2.75, 3.05) is 26.7 Å². The highest BCUT2D eigenvalue weighted by Crippen LogP contribution is 2.09. The van der Waals surface area contributed by atoms with Crippen molar-refractivity contribution in [3.05, 3.63) is 18.2 Å². The molecule has 1 saturated heterocycles. The first-order valence-electron chi connectivity index (χ1n) is 6.75. The predicted molar refractivity (Wildman–Crippen MR) is 70.0 cm³/mol. The van der Waals surface area contributed by atoms with Crippen molar-refractivity contribution in [2.24, 2.45) is 0 Å². The van der Waals surface area contributed by atoms with E-state index >= 15 is 0 Å². The zero-order chi connectivity index (χ0) is 11.9. The number of rotatable bonds is 5. The molecule has 17 heavy (non-hydrogen) atoms. The molecule has 1 aliphatic rings. The second-order valence-electron chi connectivity index (χ2n) is 5.02. The molecular weight excluding hydrogens is 212 g/mol. The smallest absolute Gasteiger partial charge is 0.106 e. The van der Waals surface area contributed by atoms with Gasteiger partial charge in [-0.15, -0.1) is 0 Å². The number of nitrogens with one attached hydrogen (secondary N) is 2. The lowest BCUT2D eigenvalue weighted by Gasteiger charge is -2.16. The molecule has 4 nitrogen and oxygen atoms in total. The maximum absolute atomic E-state index is 4.24. The quantitative estimate of drug-likeness (QED) is 0.760. The molecular formula is C13H24N4. The molecule has 2 N–H and O–H groups in total. The third kappa shape index (κ3) is 4.48. The first-order valence-corrected chi connectivity index (χ1v) is 6.75. The molecule has 1 unspecified atom stereocenters. The number of likely N-dealkylation sites (tertiary alicyclic amines) is 1. The predicted octanol–water partition coefficient (Wildman–Crippen LogP) is 1.42. The third-order valence-corrected chi connectivity index (χ3v) is 3.53. The Bertz CT molecular complexity index is 296. The van der Waals surface area contributed by atoms with E-state index in [4.69, 9.17) is 0 Å². The molecule has 1 aromatic heterocycles. The lowest BCUT2D eigenvalue weighted by Crippen LogP contribution is -2.31. The summed E-state index contributed by atoms with van der Waals surface area (Å²) >= 11 is 0. The average molecular weight is 236 g/mol. The molecule has 1 aromatic rings. The summed E-state index contributed by atoms with van der Waals surface area (Å²) in [6.45, 7) is 3.59. The largest absolute Gasteiger partial charge is 0.349 e. The summed E-state index contributed by atoms with van der Waals surface area (Å²) < 4.78 is 0. The molecule has 2 heterocycles. The summed E-state index contributed by atoms with van der Waals surface area (Å²) in [6, 6.07) is 0.719. The van der Waals surface area contributed by atoms with Gasteiger partial charge in [-0.2, -0.15) is 0 Å². The van der Waals surface area contributed by atoms with Crippen molar-refractivity contribution in [1.82, 2.24) is 20.2 Å². The van der Waals surface area contributed by atoms with Crippen molar-refractivity contribution in [3.63, 3.8) is 0 Å². The SMILES string of the molecule is CN1CCCC(NCCCc2ncc[nH]2)CC1. The monoisotopic (exact) mass is 236 g/mol. The minimum absolute atomic E-state index is 0.719. The van der Waals surface area contributed by atoms with E-state index < -0.39 is 0 Å². The molecule has 0 amide bonds. The summed E-state index contributed by atoms with van der Waals surface area (Å²) in [5.41, 5.74) is 0. The van der Waals surface area contributed by atoms with Crippen LogP contribution in [0.5, 0.6) is 0 Å². The lowest BCUT2D eigenvalue weighted by atomic mass is 10.1. The first-order chi connectivity index (χ1) is 8.34. The van der Waals surface area contributed by atoms with Crippen LogP contribution < -0.4 is 5.32 Å². The molecule has 0 aromatic carbocycles. The topological polar surface area (TPSA) is 44.0 Å². The maximum atomic E-state index is 4.24. The van der Waals surface area contributed by atoms with Crippen molar-refractivity contribution in [1.29, 1.82) is 0 Å². The fourth-order valence-electron chi connectivity index (χ4n) is 2.44. The Kier molecular flexibility index (Phi) is 5.01. The van der Waals surface area contributed by atoms with Gasteiger partial charge in [0, 0.05) is 24.9 Å². The van der Waals surface area contributed by atoms with Crippen LogP contribution in [0.3, 0.4) is 0 Å². The number of nitrogens with zero attached hydrogens (tertiary/aromatic N) is 2. The summed E-state index contributed by atoms with van der Waals surface area (Å²) in [5.74, 6) is 1.10. The standard InChI is InChI=1S/C13H24N4/c1-17-10-3-4-12(6-11-17)14-7-2-5-13-15-8-9-16-13/h8-9,12,14H,2-7,10-11H2,1H3,(H,15,16). The molecule has 0 radical (unpaired) electrons. The number of hydrogen-bond donors (Lipinski definition) is 2. The number of hydrogen-bond acceptors (Lipinski definition) is 3. The molecule has 0 spiro atoms. The molecule has 0 bridgehead atoms. The Labute approximate surface area is 104 Å². The van der Waals surface area contributed by atoms with Crippen molar-refractivity contribution in [2.45, 2.75) is 38.1 Å². The van der Waals surface area contributed by atoms with Gasteiger partial charge in [-0.05, 0) is 52.4 Å². The summed E-state index contributed by atoms with van der Waals surface area (Å²) in [6.07, 6.45) is 9.87. The Hall–Kier alpha value is -0.870. The van der Waals surface area contributed by atoms with Gasteiger partial charge in [0.1, 0.15) is 5.82 Å². The van der Waals surface area contributed by atoms with Gasteiger partial charge in [0.25, 0.3) is 0 Å². The van der Waals surface area contributed by atoms with Gasteiger partial charge in [-0.3, -0.25) is 0 Å². The molecule has 4 heteroatoms. The second-order valence-corrected chi connectivity index (χ2v) is 5.02. The minimum Gasteiger partial charge on any atom is -0.349 e. The van der Waals surface area contributed by atoms with Gasteiger partial charge < -0.3 is 15.2 Å². The van der Waals surface area contributed by atoms with E-state index in [1.165, 1.54) is 38.8 Å². The van der Waals surface area contributed by atoms with E-state index in [2.05, 4.69) is 27.2 Å². The molecule has 0 aliphatic carbocycles. The normalized spacial score (nSPS) is 22.5. The van der Waals surface area contributed by atoms with Gasteiger partial charge >= 0.3 is 0 Å². The number of aryl methyl sites for hydroxylation is 1. The number of aromatic amines is 1. The zero-order valence-electron chi connectivity index (χ0n) is 10.8. The van der Waals surface area contributed by atoms with Gasteiger partial charge in [0.2, 0.25) is 0 Å². The number of H-pyrrole nitrogens is 1. The van der Waals surface area contributed by atoms with E-state index in [0.717, 1.165) is 24.8 Å². The Balaban J connectivity index is 1.58. The van der Waals surface area contributed by atoms with Crippen molar-refractivity contribution < 1.29 is 0 Å². The van der Waals surface area contributed by atoms with Gasteiger partial charge in [-0.25, -0.2) is 4.98 Å². The van der Waals surface area contributed by atoms with E-state index in [-0.39, 0.29) is 0 Å². The highest BCUT2D eigenvalue weighted by molar-refractivity contribution is 4.87. The van der Waals surface area contributed by atoms with Crippen LogP contribution in [0.25, 0.3) is 0 Å².